The Hall–Kier alpha value is -0.110. The molecule has 0 aromatic carbocycles. The minimum absolute atomic E-state index is 0.657. The molecule has 1 saturated heterocycles. The van der Waals surface area contributed by atoms with Crippen LogP contribution in [0.4, 0.5) is 0 Å². The third kappa shape index (κ3) is 3.44. The Bertz CT molecular complexity index is 223. The molecule has 0 spiro atoms. The smallest absolute Gasteiger partial charge is 0.0873 e. The van der Waals surface area contributed by atoms with Crippen molar-refractivity contribution in [2.75, 3.05) is 12.4 Å². The molecule has 86 valence electrons. The first-order valence-electron chi connectivity index (χ1n) is 6.28. The van der Waals surface area contributed by atoms with Crippen molar-refractivity contribution >= 4 is 11.8 Å². The van der Waals surface area contributed by atoms with E-state index in [0.29, 0.717) is 4.75 Å². The van der Waals surface area contributed by atoms with Crippen LogP contribution in [0, 0.1) is 0 Å². The summed E-state index contributed by atoms with van der Waals surface area (Å²) >= 11 is 2.13. The lowest BCUT2D eigenvalue weighted by Crippen LogP contribution is -2.07. The van der Waals surface area contributed by atoms with E-state index in [0.717, 1.165) is 6.61 Å². The van der Waals surface area contributed by atoms with Crippen LogP contribution in [0.5, 0.6) is 0 Å². The van der Waals surface area contributed by atoms with Gasteiger partial charge in [-0.25, -0.2) is 0 Å². The third-order valence-corrected chi connectivity index (χ3v) is 5.19. The zero-order chi connectivity index (χ0) is 10.6. The monoisotopic (exact) mass is 226 g/mol. The molecule has 15 heavy (non-hydrogen) atoms. The molecule has 2 aliphatic rings. The SMILES string of the molecule is CCC1(CCCOC=C2CCCC2)CS1. The van der Waals surface area contributed by atoms with Gasteiger partial charge in [0.2, 0.25) is 0 Å². The first-order valence-corrected chi connectivity index (χ1v) is 7.27. The molecule has 1 unspecified atom stereocenters. The maximum Gasteiger partial charge on any atom is 0.0873 e. The van der Waals surface area contributed by atoms with Gasteiger partial charge in [-0.3, -0.25) is 0 Å². The molecule has 0 N–H and O–H groups in total. The van der Waals surface area contributed by atoms with E-state index in [9.17, 15) is 0 Å². The van der Waals surface area contributed by atoms with E-state index in [2.05, 4.69) is 18.7 Å². The third-order valence-electron chi connectivity index (χ3n) is 3.59. The highest BCUT2D eigenvalue weighted by atomic mass is 32.2. The van der Waals surface area contributed by atoms with Crippen molar-refractivity contribution in [3.63, 3.8) is 0 Å². The van der Waals surface area contributed by atoms with Gasteiger partial charge >= 0.3 is 0 Å². The van der Waals surface area contributed by atoms with Crippen molar-refractivity contribution in [3.05, 3.63) is 11.8 Å². The van der Waals surface area contributed by atoms with Crippen LogP contribution in [0.25, 0.3) is 0 Å². The van der Waals surface area contributed by atoms with E-state index < -0.39 is 0 Å². The molecule has 2 rings (SSSR count). The molecule has 1 heterocycles. The van der Waals surface area contributed by atoms with Crippen LogP contribution in [-0.2, 0) is 4.74 Å². The molecule has 0 bridgehead atoms. The predicted molar refractivity (Wildman–Crippen MR) is 67.2 cm³/mol. The van der Waals surface area contributed by atoms with Crippen molar-refractivity contribution in [3.8, 4) is 0 Å². The van der Waals surface area contributed by atoms with Gasteiger partial charge in [0.25, 0.3) is 0 Å². The van der Waals surface area contributed by atoms with Crippen molar-refractivity contribution in [2.24, 2.45) is 0 Å². The summed E-state index contributed by atoms with van der Waals surface area (Å²) in [6, 6.07) is 0. The van der Waals surface area contributed by atoms with E-state index in [1.54, 1.807) is 0 Å². The van der Waals surface area contributed by atoms with Gasteiger partial charge in [-0.15, -0.1) is 0 Å². The normalized spacial score (nSPS) is 29.3. The van der Waals surface area contributed by atoms with Crippen molar-refractivity contribution in [1.29, 1.82) is 0 Å². The van der Waals surface area contributed by atoms with Crippen molar-refractivity contribution < 1.29 is 4.74 Å². The van der Waals surface area contributed by atoms with Gasteiger partial charge < -0.3 is 4.74 Å². The van der Waals surface area contributed by atoms with Gasteiger partial charge in [-0.1, -0.05) is 6.92 Å². The summed E-state index contributed by atoms with van der Waals surface area (Å²) in [7, 11) is 0. The Morgan fingerprint density at radius 1 is 1.40 bits per heavy atom. The number of allylic oxidation sites excluding steroid dienone is 1. The van der Waals surface area contributed by atoms with Gasteiger partial charge in [0.15, 0.2) is 0 Å². The van der Waals surface area contributed by atoms with Crippen LogP contribution in [0.2, 0.25) is 0 Å². The molecular weight excluding hydrogens is 204 g/mol. The largest absolute Gasteiger partial charge is 0.501 e. The van der Waals surface area contributed by atoms with Gasteiger partial charge in [-0.2, -0.15) is 11.8 Å². The zero-order valence-corrected chi connectivity index (χ0v) is 10.6. The lowest BCUT2D eigenvalue weighted by atomic mass is 10.0. The molecule has 1 aliphatic heterocycles. The molecule has 0 radical (unpaired) electrons. The summed E-state index contributed by atoms with van der Waals surface area (Å²) in [6.45, 7) is 3.23. The quantitative estimate of drug-likeness (QED) is 0.382. The highest BCUT2D eigenvalue weighted by Crippen LogP contribution is 2.50. The van der Waals surface area contributed by atoms with E-state index >= 15 is 0 Å². The second-order valence-electron chi connectivity index (χ2n) is 4.78. The second-order valence-corrected chi connectivity index (χ2v) is 6.23. The van der Waals surface area contributed by atoms with E-state index in [-0.39, 0.29) is 0 Å². The van der Waals surface area contributed by atoms with Gasteiger partial charge in [0.05, 0.1) is 12.9 Å². The lowest BCUT2D eigenvalue weighted by Gasteiger charge is -2.09. The Balaban J connectivity index is 1.53. The summed E-state index contributed by atoms with van der Waals surface area (Å²) in [5, 5.41) is 0. The molecule has 2 heteroatoms. The first-order chi connectivity index (χ1) is 7.35. The molecule has 1 atom stereocenters. The molecule has 1 saturated carbocycles. The maximum absolute atomic E-state index is 5.61. The summed E-state index contributed by atoms with van der Waals surface area (Å²) in [5.41, 5.74) is 1.53. The summed E-state index contributed by atoms with van der Waals surface area (Å²) < 4.78 is 6.27. The summed E-state index contributed by atoms with van der Waals surface area (Å²) in [5.74, 6) is 1.38. The molecule has 0 aromatic rings. The van der Waals surface area contributed by atoms with E-state index in [4.69, 9.17) is 4.74 Å². The van der Waals surface area contributed by atoms with E-state index in [1.165, 1.54) is 56.3 Å². The average molecular weight is 226 g/mol. The lowest BCUT2D eigenvalue weighted by molar-refractivity contribution is 0.235. The molecule has 1 nitrogen and oxygen atoms in total. The first kappa shape index (κ1) is 11.4. The number of rotatable bonds is 6. The zero-order valence-electron chi connectivity index (χ0n) is 9.76. The average Bonchev–Trinajstić information content (AvgIpc) is 2.85. The molecule has 0 aromatic heterocycles. The van der Waals surface area contributed by atoms with Crippen molar-refractivity contribution in [1.82, 2.24) is 0 Å². The highest BCUT2D eigenvalue weighted by molar-refractivity contribution is 8.07. The molecule has 1 aliphatic carbocycles. The summed E-state index contributed by atoms with van der Waals surface area (Å²) in [6.07, 6.45) is 11.2. The highest BCUT2D eigenvalue weighted by Gasteiger charge is 2.40. The van der Waals surface area contributed by atoms with Gasteiger partial charge in [-0.05, 0) is 50.5 Å². The minimum atomic E-state index is 0.657. The van der Waals surface area contributed by atoms with Crippen LogP contribution < -0.4 is 0 Å². The Morgan fingerprint density at radius 3 is 2.73 bits per heavy atom. The minimum Gasteiger partial charge on any atom is -0.501 e. The van der Waals surface area contributed by atoms with Crippen LogP contribution >= 0.6 is 11.8 Å². The fraction of sp³-hybridized carbons (Fsp3) is 0.846. The van der Waals surface area contributed by atoms with Crippen LogP contribution in [-0.4, -0.2) is 17.1 Å². The van der Waals surface area contributed by atoms with Gasteiger partial charge in [0, 0.05) is 10.5 Å². The Labute approximate surface area is 97.7 Å². The predicted octanol–water partition coefficient (Wildman–Crippen LogP) is 4.14. The number of ether oxygens (including phenoxy) is 1. The molecular formula is C13H22OS. The second kappa shape index (κ2) is 5.29. The number of hydrogen-bond acceptors (Lipinski definition) is 2. The van der Waals surface area contributed by atoms with Crippen LogP contribution in [0.15, 0.2) is 11.8 Å². The fourth-order valence-corrected chi connectivity index (χ4v) is 3.27. The molecule has 2 fully saturated rings. The Morgan fingerprint density at radius 2 is 2.13 bits per heavy atom. The topological polar surface area (TPSA) is 9.23 Å². The maximum atomic E-state index is 5.61. The van der Waals surface area contributed by atoms with E-state index in [1.807, 2.05) is 6.26 Å². The van der Waals surface area contributed by atoms with Crippen molar-refractivity contribution in [2.45, 2.75) is 56.6 Å². The Kier molecular flexibility index (Phi) is 4.01. The summed E-state index contributed by atoms with van der Waals surface area (Å²) in [4.78, 5) is 0. The fourth-order valence-electron chi connectivity index (χ4n) is 2.23. The van der Waals surface area contributed by atoms with Crippen LogP contribution in [0.3, 0.4) is 0 Å². The van der Waals surface area contributed by atoms with Gasteiger partial charge in [0.1, 0.15) is 0 Å². The number of hydrogen-bond donors (Lipinski definition) is 0. The number of thioether (sulfide) groups is 1. The molecule has 0 amide bonds. The van der Waals surface area contributed by atoms with Crippen LogP contribution in [0.1, 0.15) is 51.9 Å². The standard InChI is InChI=1S/C13H22OS/c1-2-13(11-15-13)8-5-9-14-10-12-6-3-4-7-12/h10H,2-9,11H2,1H3.